The van der Waals surface area contributed by atoms with Crippen molar-refractivity contribution in [3.63, 3.8) is 0 Å². The van der Waals surface area contributed by atoms with Crippen molar-refractivity contribution in [2.75, 3.05) is 10.6 Å². The number of hydrogen-bond acceptors (Lipinski definition) is 6. The summed E-state index contributed by atoms with van der Waals surface area (Å²) in [7, 11) is -4.08. The third-order valence-electron chi connectivity index (χ3n) is 3.56. The van der Waals surface area contributed by atoms with Gasteiger partial charge in [0.1, 0.15) is 4.90 Å². The van der Waals surface area contributed by atoms with Gasteiger partial charge in [0.15, 0.2) is 0 Å². The van der Waals surface area contributed by atoms with Crippen LogP contribution in [-0.4, -0.2) is 18.1 Å². The zero-order valence-corrected chi connectivity index (χ0v) is 15.4. The molecule has 0 radical (unpaired) electrons. The number of hydrogen-bond donors (Lipinski definition) is 3. The molecule has 0 bridgehead atoms. The number of aryl methyl sites for hydroxylation is 1. The van der Waals surface area contributed by atoms with Crippen LogP contribution in [0.5, 0.6) is 0 Å². The molecule has 0 saturated heterocycles. The third kappa shape index (κ3) is 3.17. The van der Waals surface area contributed by atoms with Crippen LogP contribution in [-0.2, 0) is 10.0 Å². The second kappa shape index (κ2) is 6.25. The molecule has 1 heterocycles. The number of fused-ring (bicyclic) bond motifs is 1. The topological polar surface area (TPSA) is 107 Å². The Kier molecular flexibility index (Phi) is 4.40. The minimum atomic E-state index is -4.08. The lowest BCUT2D eigenvalue weighted by Gasteiger charge is -2.13. The van der Waals surface area contributed by atoms with Crippen molar-refractivity contribution in [2.45, 2.75) is 16.7 Å². The van der Waals surface area contributed by atoms with E-state index < -0.39 is 15.6 Å². The summed E-state index contributed by atoms with van der Waals surface area (Å²) >= 11 is 10.1. The Bertz CT molecular complexity index is 1160. The summed E-state index contributed by atoms with van der Waals surface area (Å²) in [6.07, 6.45) is 0. The van der Waals surface area contributed by atoms with E-state index in [2.05, 4.69) is 22.3 Å². The smallest absolute Gasteiger partial charge is 0.281 e. The average Bonchev–Trinajstić information content (AvgIpc) is 2.55. The minimum Gasteiger partial charge on any atom is -0.333 e. The van der Waals surface area contributed by atoms with Crippen molar-refractivity contribution >= 4 is 51.1 Å². The first-order valence-electron chi connectivity index (χ1n) is 6.99. The molecule has 3 aromatic rings. The van der Waals surface area contributed by atoms with E-state index in [1.54, 1.807) is 31.2 Å². The van der Waals surface area contributed by atoms with Crippen LogP contribution in [0, 0.1) is 6.92 Å². The van der Waals surface area contributed by atoms with Gasteiger partial charge >= 0.3 is 0 Å². The molecule has 3 rings (SSSR count). The van der Waals surface area contributed by atoms with Crippen LogP contribution < -0.4 is 16.1 Å². The molecule has 7 nitrogen and oxygen atoms in total. The van der Waals surface area contributed by atoms with E-state index in [4.69, 9.17) is 17.4 Å². The number of nitrogens with two attached hydrogens (primary N) is 1. The van der Waals surface area contributed by atoms with Gasteiger partial charge in [0.2, 0.25) is 5.95 Å². The fourth-order valence-electron chi connectivity index (χ4n) is 2.25. The fourth-order valence-corrected chi connectivity index (χ4v) is 4.21. The molecule has 0 saturated carbocycles. The van der Waals surface area contributed by atoms with E-state index in [0.717, 1.165) is 0 Å². The van der Waals surface area contributed by atoms with E-state index in [9.17, 15) is 13.2 Å². The Balaban J connectivity index is 2.14. The molecule has 130 valence electrons. The monoisotopic (exact) mass is 396 g/mol. The van der Waals surface area contributed by atoms with Gasteiger partial charge in [-0.1, -0.05) is 23.7 Å². The third-order valence-corrected chi connectivity index (χ3v) is 5.86. The number of halogens is 1. The lowest BCUT2D eigenvalue weighted by Crippen LogP contribution is -2.32. The molecule has 3 N–H and O–H groups in total. The number of nitrogens with zero attached hydrogens (tertiary/aromatic N) is 2. The second-order valence-electron chi connectivity index (χ2n) is 5.30. The lowest BCUT2D eigenvalue weighted by atomic mass is 10.2. The van der Waals surface area contributed by atoms with Gasteiger partial charge in [0.05, 0.1) is 10.9 Å². The fraction of sp³-hybridized carbons (Fsp3) is 0.0667. The number of thiol groups is 1. The molecule has 0 amide bonds. The van der Waals surface area contributed by atoms with E-state index in [1.807, 2.05) is 0 Å². The number of benzene rings is 2. The van der Waals surface area contributed by atoms with Crippen LogP contribution in [0.4, 0.5) is 5.95 Å². The summed E-state index contributed by atoms with van der Waals surface area (Å²) in [6, 6.07) is 9.30. The second-order valence-corrected chi connectivity index (χ2v) is 7.84. The van der Waals surface area contributed by atoms with Gasteiger partial charge in [0, 0.05) is 9.92 Å². The van der Waals surface area contributed by atoms with Gasteiger partial charge in [-0.3, -0.25) is 4.79 Å². The number of rotatable bonds is 3. The summed E-state index contributed by atoms with van der Waals surface area (Å²) in [6.45, 7) is 1.67. The van der Waals surface area contributed by atoms with Crippen molar-refractivity contribution < 1.29 is 8.42 Å². The Labute approximate surface area is 153 Å². The van der Waals surface area contributed by atoms with Crippen LogP contribution in [0.2, 0.25) is 5.02 Å². The van der Waals surface area contributed by atoms with E-state index in [-0.39, 0.29) is 21.1 Å². The molecule has 0 aliphatic rings. The van der Waals surface area contributed by atoms with Gasteiger partial charge < -0.3 is 5.84 Å². The van der Waals surface area contributed by atoms with Gasteiger partial charge in [0.25, 0.3) is 15.6 Å². The lowest BCUT2D eigenvalue weighted by molar-refractivity contribution is 0.598. The van der Waals surface area contributed by atoms with Crippen LogP contribution in [0.15, 0.2) is 51.0 Å². The molecule has 0 unspecified atom stereocenters. The molecule has 1 aromatic heterocycles. The zero-order chi connectivity index (χ0) is 18.4. The molecule has 0 atom stereocenters. The molecule has 0 spiro atoms. The molecule has 25 heavy (non-hydrogen) atoms. The van der Waals surface area contributed by atoms with Crippen molar-refractivity contribution in [1.29, 1.82) is 0 Å². The van der Waals surface area contributed by atoms with Gasteiger partial charge in [-0.2, -0.15) is 4.68 Å². The number of aromatic nitrogens is 2. The summed E-state index contributed by atoms with van der Waals surface area (Å²) in [4.78, 5) is 16.4. The number of nitrogens with one attached hydrogen (secondary N) is 1. The first-order valence-corrected chi connectivity index (χ1v) is 9.30. The van der Waals surface area contributed by atoms with Crippen molar-refractivity contribution in [1.82, 2.24) is 9.66 Å². The van der Waals surface area contributed by atoms with Gasteiger partial charge in [-0.05, 0) is 36.8 Å². The van der Waals surface area contributed by atoms with Crippen molar-refractivity contribution in [3.05, 3.63) is 57.3 Å². The zero-order valence-electron chi connectivity index (χ0n) is 12.9. The SMILES string of the molecule is Cc1cc(S(=O)(=O)Nc2nc3ccccc3c(=O)n2N)c(S)cc1Cl. The van der Waals surface area contributed by atoms with Crippen LogP contribution in [0.25, 0.3) is 10.9 Å². The van der Waals surface area contributed by atoms with E-state index in [1.165, 1.54) is 12.1 Å². The molecular weight excluding hydrogens is 384 g/mol. The molecule has 10 heteroatoms. The largest absolute Gasteiger partial charge is 0.333 e. The first kappa shape index (κ1) is 17.6. The number of para-hydroxylation sites is 1. The minimum absolute atomic E-state index is 0.0971. The Morgan fingerprint density at radius 2 is 1.96 bits per heavy atom. The van der Waals surface area contributed by atoms with Crippen molar-refractivity contribution in [3.8, 4) is 0 Å². The predicted molar refractivity (Wildman–Crippen MR) is 100 cm³/mol. The molecular formula is C15H13ClN4O3S2. The quantitative estimate of drug-likeness (QED) is 0.464. The van der Waals surface area contributed by atoms with E-state index in [0.29, 0.717) is 20.8 Å². The van der Waals surface area contributed by atoms with E-state index >= 15 is 0 Å². The Hall–Kier alpha value is -2.23. The highest BCUT2D eigenvalue weighted by atomic mass is 35.5. The van der Waals surface area contributed by atoms with Crippen LogP contribution in [0.3, 0.4) is 0 Å². The maximum Gasteiger partial charge on any atom is 0.281 e. The van der Waals surface area contributed by atoms with Crippen LogP contribution in [0.1, 0.15) is 5.56 Å². The molecule has 0 aliphatic carbocycles. The molecule has 0 aliphatic heterocycles. The molecule has 0 fully saturated rings. The average molecular weight is 397 g/mol. The normalized spacial score (nSPS) is 11.6. The molecule has 2 aromatic carbocycles. The number of sulfonamides is 1. The summed E-state index contributed by atoms with van der Waals surface area (Å²) in [5, 5.41) is 0.675. The van der Waals surface area contributed by atoms with Crippen LogP contribution >= 0.6 is 24.2 Å². The maximum absolute atomic E-state index is 12.7. The van der Waals surface area contributed by atoms with Gasteiger partial charge in [-0.15, -0.1) is 12.6 Å². The number of anilines is 1. The highest BCUT2D eigenvalue weighted by Gasteiger charge is 2.21. The Morgan fingerprint density at radius 3 is 2.68 bits per heavy atom. The summed E-state index contributed by atoms with van der Waals surface area (Å²) in [5.74, 6) is 5.40. The number of nitrogen functional groups attached to an aromatic ring is 1. The maximum atomic E-state index is 12.7. The predicted octanol–water partition coefficient (Wildman–Crippen LogP) is 2.16. The summed E-state index contributed by atoms with van der Waals surface area (Å²) in [5.41, 5.74) is 0.323. The van der Waals surface area contributed by atoms with Gasteiger partial charge in [-0.25, -0.2) is 18.1 Å². The Morgan fingerprint density at radius 1 is 1.28 bits per heavy atom. The first-order chi connectivity index (χ1) is 11.7. The summed E-state index contributed by atoms with van der Waals surface area (Å²) < 4.78 is 28.2. The highest BCUT2D eigenvalue weighted by molar-refractivity contribution is 7.93. The van der Waals surface area contributed by atoms with Crippen molar-refractivity contribution in [2.24, 2.45) is 0 Å². The highest BCUT2D eigenvalue weighted by Crippen LogP contribution is 2.28. The standard InChI is InChI=1S/C15H13ClN4O3S2/c1-8-6-13(12(24)7-10(8)16)25(22,23)19-15-18-11-5-3-2-4-9(11)14(21)20(15)17/h2-7,24H,17H2,1H3,(H,18,19).